The number of carbonyl (C=O) groups is 1. The summed E-state index contributed by atoms with van der Waals surface area (Å²) in [5, 5.41) is 3.00. The average molecular weight is 293 g/mol. The van der Waals surface area contributed by atoms with E-state index in [1.165, 1.54) is 30.7 Å². The molecule has 1 aromatic carbocycles. The van der Waals surface area contributed by atoms with E-state index >= 15 is 0 Å². The van der Waals surface area contributed by atoms with Crippen molar-refractivity contribution in [3.05, 3.63) is 57.9 Å². The van der Waals surface area contributed by atoms with Crippen LogP contribution in [0.1, 0.15) is 10.4 Å². The van der Waals surface area contributed by atoms with Gasteiger partial charge < -0.3 is 5.32 Å². The zero-order valence-corrected chi connectivity index (χ0v) is 10.9. The fourth-order valence-electron chi connectivity index (χ4n) is 1.33. The van der Waals surface area contributed by atoms with E-state index in [1.54, 1.807) is 0 Å². The van der Waals surface area contributed by atoms with Crippen molar-refractivity contribution in [1.82, 2.24) is 9.97 Å². The molecule has 0 fully saturated rings. The Morgan fingerprint density at radius 3 is 2.84 bits per heavy atom. The molecule has 0 unspecified atom stereocenters. The van der Waals surface area contributed by atoms with E-state index in [1.807, 2.05) is 0 Å². The first kappa shape index (κ1) is 13.3. The first-order valence-electron chi connectivity index (χ1n) is 5.05. The summed E-state index contributed by atoms with van der Waals surface area (Å²) in [5.41, 5.74) is 0.813. The van der Waals surface area contributed by atoms with Crippen LogP contribution in [0.3, 0.4) is 0 Å². The number of amides is 1. The summed E-state index contributed by atoms with van der Waals surface area (Å²) in [6, 6.07) is 4.42. The van der Waals surface area contributed by atoms with Crippen molar-refractivity contribution in [1.29, 1.82) is 0 Å². The van der Waals surface area contributed by atoms with Crippen molar-refractivity contribution < 1.29 is 4.79 Å². The molecular formula is C12H6Cl2N4O. The lowest BCUT2D eigenvalue weighted by molar-refractivity contribution is 0.102. The van der Waals surface area contributed by atoms with Crippen LogP contribution >= 0.6 is 23.2 Å². The lowest BCUT2D eigenvalue weighted by Gasteiger charge is -2.06. The number of benzene rings is 1. The highest BCUT2D eigenvalue weighted by Gasteiger charge is 2.11. The number of anilines is 1. The number of halogens is 2. The van der Waals surface area contributed by atoms with E-state index < -0.39 is 5.91 Å². The third kappa shape index (κ3) is 2.99. The standard InChI is InChI=1S/C12H6Cl2N4O/c1-15-9-4-7(2-3-8(9)13)12(19)18-10-5-16-6-17-11(10)14/h2-6H,(H,18,19). The second-order valence-electron chi connectivity index (χ2n) is 3.46. The zero-order valence-electron chi connectivity index (χ0n) is 9.39. The van der Waals surface area contributed by atoms with Gasteiger partial charge in [0.25, 0.3) is 5.91 Å². The minimum Gasteiger partial charge on any atom is -0.318 e. The summed E-state index contributed by atoms with van der Waals surface area (Å²) < 4.78 is 0. The van der Waals surface area contributed by atoms with E-state index in [-0.39, 0.29) is 10.8 Å². The van der Waals surface area contributed by atoms with Crippen molar-refractivity contribution >= 4 is 40.5 Å². The molecule has 19 heavy (non-hydrogen) atoms. The van der Waals surface area contributed by atoms with Crippen LogP contribution in [0.15, 0.2) is 30.7 Å². The van der Waals surface area contributed by atoms with Crippen LogP contribution in [0.5, 0.6) is 0 Å². The van der Waals surface area contributed by atoms with Gasteiger partial charge in [-0.15, -0.1) is 0 Å². The molecule has 7 heteroatoms. The summed E-state index contributed by atoms with van der Waals surface area (Å²) in [4.78, 5) is 22.7. The molecule has 2 rings (SSSR count). The Balaban J connectivity index is 2.26. The van der Waals surface area contributed by atoms with Crippen LogP contribution < -0.4 is 5.32 Å². The van der Waals surface area contributed by atoms with Crippen LogP contribution in [0.4, 0.5) is 11.4 Å². The molecule has 0 saturated carbocycles. The molecule has 1 aromatic heterocycles. The summed E-state index contributed by atoms with van der Waals surface area (Å²) in [7, 11) is 0. The van der Waals surface area contributed by atoms with Gasteiger partial charge in [0.15, 0.2) is 5.15 Å². The normalized spacial score (nSPS) is 9.74. The van der Waals surface area contributed by atoms with Gasteiger partial charge in [-0.3, -0.25) is 4.79 Å². The summed E-state index contributed by atoms with van der Waals surface area (Å²) in [6.07, 6.45) is 2.66. The summed E-state index contributed by atoms with van der Waals surface area (Å²) in [5.74, 6) is -0.418. The lowest BCUT2D eigenvalue weighted by atomic mass is 10.2. The van der Waals surface area contributed by atoms with Crippen molar-refractivity contribution in [2.24, 2.45) is 0 Å². The average Bonchev–Trinajstić information content (AvgIpc) is 2.42. The van der Waals surface area contributed by atoms with Crippen LogP contribution in [-0.4, -0.2) is 15.9 Å². The van der Waals surface area contributed by atoms with Gasteiger partial charge in [0, 0.05) is 10.6 Å². The lowest BCUT2D eigenvalue weighted by Crippen LogP contribution is -2.12. The van der Waals surface area contributed by atoms with Gasteiger partial charge in [-0.2, -0.15) is 0 Å². The molecule has 0 aliphatic heterocycles. The predicted molar refractivity (Wildman–Crippen MR) is 72.7 cm³/mol. The Kier molecular flexibility index (Phi) is 3.95. The molecule has 2 aromatic rings. The summed E-state index contributed by atoms with van der Waals surface area (Å²) in [6.45, 7) is 6.95. The first-order chi connectivity index (χ1) is 9.11. The molecule has 1 heterocycles. The van der Waals surface area contributed by atoms with Crippen molar-refractivity contribution in [3.8, 4) is 0 Å². The van der Waals surface area contributed by atoms with Crippen LogP contribution in [0.2, 0.25) is 10.2 Å². The second kappa shape index (κ2) is 5.65. The number of carbonyl (C=O) groups excluding carboxylic acids is 1. The maximum Gasteiger partial charge on any atom is 0.254 e. The summed E-state index contributed by atoms with van der Waals surface area (Å²) >= 11 is 11.6. The largest absolute Gasteiger partial charge is 0.318 e. The fraction of sp³-hybridized carbons (Fsp3) is 0. The van der Waals surface area contributed by atoms with Gasteiger partial charge in [-0.05, 0) is 6.07 Å². The minimum atomic E-state index is -0.418. The quantitative estimate of drug-likeness (QED) is 0.680. The Labute approximate surface area is 119 Å². The molecule has 5 nitrogen and oxygen atoms in total. The van der Waals surface area contributed by atoms with E-state index in [4.69, 9.17) is 29.8 Å². The smallest absolute Gasteiger partial charge is 0.254 e. The molecule has 94 valence electrons. The highest BCUT2D eigenvalue weighted by molar-refractivity contribution is 6.34. The Hall–Kier alpha value is -2.16. The van der Waals surface area contributed by atoms with Gasteiger partial charge in [0.05, 0.1) is 18.5 Å². The van der Waals surface area contributed by atoms with E-state index in [9.17, 15) is 4.79 Å². The second-order valence-corrected chi connectivity index (χ2v) is 4.22. The molecule has 0 saturated heterocycles. The van der Waals surface area contributed by atoms with Crippen LogP contribution in [0, 0.1) is 6.57 Å². The van der Waals surface area contributed by atoms with Crippen LogP contribution in [-0.2, 0) is 0 Å². The maximum atomic E-state index is 12.0. The minimum absolute atomic E-state index is 0.141. The van der Waals surface area contributed by atoms with Gasteiger partial charge >= 0.3 is 0 Å². The Morgan fingerprint density at radius 2 is 2.16 bits per heavy atom. The van der Waals surface area contributed by atoms with Crippen molar-refractivity contribution in [2.75, 3.05) is 5.32 Å². The van der Waals surface area contributed by atoms with E-state index in [0.29, 0.717) is 16.3 Å². The van der Waals surface area contributed by atoms with E-state index in [2.05, 4.69) is 20.1 Å². The van der Waals surface area contributed by atoms with Gasteiger partial charge in [0.1, 0.15) is 6.33 Å². The predicted octanol–water partition coefficient (Wildman–Crippen LogP) is 3.59. The first-order valence-corrected chi connectivity index (χ1v) is 5.81. The SMILES string of the molecule is [C-]#[N+]c1cc(C(=O)Nc2cncnc2Cl)ccc1Cl. The van der Waals surface area contributed by atoms with Crippen molar-refractivity contribution in [2.45, 2.75) is 0 Å². The Morgan fingerprint density at radius 1 is 1.37 bits per heavy atom. The third-order valence-electron chi connectivity index (χ3n) is 2.24. The Bertz CT molecular complexity index is 682. The maximum absolute atomic E-state index is 12.0. The molecule has 0 aliphatic rings. The fourth-order valence-corrected chi connectivity index (χ4v) is 1.63. The van der Waals surface area contributed by atoms with E-state index in [0.717, 1.165) is 0 Å². The van der Waals surface area contributed by atoms with Gasteiger partial charge in [-0.1, -0.05) is 35.3 Å². The topological polar surface area (TPSA) is 59.2 Å². The number of rotatable bonds is 2. The van der Waals surface area contributed by atoms with Gasteiger partial charge in [-0.25, -0.2) is 14.8 Å². The van der Waals surface area contributed by atoms with Crippen molar-refractivity contribution in [3.63, 3.8) is 0 Å². The molecule has 0 spiro atoms. The molecule has 0 bridgehead atoms. The van der Waals surface area contributed by atoms with Gasteiger partial charge in [0.2, 0.25) is 5.69 Å². The monoisotopic (exact) mass is 292 g/mol. The number of nitrogens with zero attached hydrogens (tertiary/aromatic N) is 3. The molecule has 1 amide bonds. The highest BCUT2D eigenvalue weighted by atomic mass is 35.5. The number of hydrogen-bond acceptors (Lipinski definition) is 3. The molecule has 0 atom stereocenters. The molecule has 0 radical (unpaired) electrons. The third-order valence-corrected chi connectivity index (χ3v) is 2.86. The zero-order chi connectivity index (χ0) is 13.8. The molecule has 1 N–H and O–H groups in total. The van der Waals surface area contributed by atoms with Crippen LogP contribution in [0.25, 0.3) is 4.85 Å². The highest BCUT2D eigenvalue weighted by Crippen LogP contribution is 2.26. The number of hydrogen-bond donors (Lipinski definition) is 1. The number of nitrogens with one attached hydrogen (secondary N) is 1. The molecule has 0 aliphatic carbocycles. The number of aromatic nitrogens is 2. The molecular weight excluding hydrogens is 287 g/mol.